The summed E-state index contributed by atoms with van der Waals surface area (Å²) < 4.78 is 21.6. The minimum Gasteiger partial charge on any atom is -0.385 e. The number of benzene rings is 4. The molecule has 0 spiro atoms. The molecule has 4 aromatic carbocycles. The second kappa shape index (κ2) is 31.2. The molecule has 8 heterocycles. The van der Waals surface area contributed by atoms with Gasteiger partial charge in [0.1, 0.15) is 46.3 Å². The highest BCUT2D eigenvalue weighted by Gasteiger charge is 2.41. The Kier molecular flexibility index (Phi) is 22.2. The highest BCUT2D eigenvalue weighted by atomic mass is 16.5. The van der Waals surface area contributed by atoms with E-state index in [1.807, 2.05) is 55.4 Å². The summed E-state index contributed by atoms with van der Waals surface area (Å²) in [7, 11) is 0. The summed E-state index contributed by atoms with van der Waals surface area (Å²) in [4.78, 5) is 34.1. The molecule has 12 aromatic rings. The van der Waals surface area contributed by atoms with Gasteiger partial charge in [-0.2, -0.15) is 0 Å². The first-order valence-electron chi connectivity index (χ1n) is 40.0. The van der Waals surface area contributed by atoms with E-state index in [1.165, 1.54) is 111 Å². The third-order valence-electron chi connectivity index (χ3n) is 22.6. The van der Waals surface area contributed by atoms with Crippen molar-refractivity contribution < 1.29 is 28.3 Å². The number of imidazole rings is 4. The minimum absolute atomic E-state index is 0.0571. The molecule has 18 nitrogen and oxygen atoms in total. The smallest absolute Gasteiger partial charge is 0.141 e. The molecule has 0 saturated heterocycles. The number of aromatic amines is 4. The SMILES string of the molecule is CC/C=C(\CCC)c1cc(-c2c(C)noc2C)cc2[nH]c(C3CC3)nc12.CCCC(CCC)c1cc(-c2c(C)noc2C)cc2[nH]c(C3CC3)nc12.CCCC(O)(CCC)c1cc(-c2c(C)noc2C)cc2[nH]c(C3CC3)nc12.Cc1noc(C)c1-c1cc(C(O)(C(C)C)C(C)C)c2nc(C3CC3)[nH]c2c1. The molecule has 562 valence electrons. The number of rotatable bonds is 25. The van der Waals surface area contributed by atoms with Crippen molar-refractivity contribution in [3.63, 3.8) is 0 Å². The van der Waals surface area contributed by atoms with Crippen LogP contribution in [0.25, 0.3) is 94.2 Å². The van der Waals surface area contributed by atoms with E-state index in [0.29, 0.717) is 29.6 Å². The van der Waals surface area contributed by atoms with E-state index in [4.69, 9.17) is 38.0 Å². The second-order valence-corrected chi connectivity index (χ2v) is 31.9. The van der Waals surface area contributed by atoms with Gasteiger partial charge >= 0.3 is 0 Å². The predicted molar refractivity (Wildman–Crippen MR) is 425 cm³/mol. The van der Waals surface area contributed by atoms with Gasteiger partial charge in [0.25, 0.3) is 0 Å². The number of allylic oxidation sites excluding steroid dienone is 2. The van der Waals surface area contributed by atoms with E-state index in [-0.39, 0.29) is 11.8 Å². The third kappa shape index (κ3) is 15.3. The lowest BCUT2D eigenvalue weighted by Crippen LogP contribution is -2.38. The van der Waals surface area contributed by atoms with Crippen LogP contribution < -0.4 is 0 Å². The molecule has 4 saturated carbocycles. The Morgan fingerprint density at radius 3 is 1.11 bits per heavy atom. The van der Waals surface area contributed by atoms with E-state index < -0.39 is 11.2 Å². The van der Waals surface area contributed by atoms with E-state index in [1.54, 1.807) is 0 Å². The molecule has 6 N–H and O–H groups in total. The summed E-state index contributed by atoms with van der Waals surface area (Å²) in [6.45, 7) is 37.3. The molecular formula is C88H114N12O6. The first-order valence-corrected chi connectivity index (χ1v) is 40.0. The van der Waals surface area contributed by atoms with Crippen LogP contribution in [0.15, 0.2) is 72.7 Å². The first kappa shape index (κ1) is 75.5. The molecule has 0 atom stereocenters. The fourth-order valence-corrected chi connectivity index (χ4v) is 16.7. The van der Waals surface area contributed by atoms with Crippen LogP contribution in [0.2, 0.25) is 0 Å². The van der Waals surface area contributed by atoms with E-state index in [0.717, 1.165) is 197 Å². The maximum Gasteiger partial charge on any atom is 0.141 e. The van der Waals surface area contributed by atoms with Crippen molar-refractivity contribution in [2.45, 2.75) is 287 Å². The number of aliphatic hydroxyl groups is 2. The Hall–Kier alpha value is -8.74. The van der Waals surface area contributed by atoms with Crippen LogP contribution in [-0.4, -0.2) is 70.7 Å². The molecule has 106 heavy (non-hydrogen) atoms. The normalized spacial score (nSPS) is 15.1. The van der Waals surface area contributed by atoms with Gasteiger partial charge in [0.2, 0.25) is 0 Å². The van der Waals surface area contributed by atoms with E-state index in [9.17, 15) is 10.2 Å². The number of nitrogens with one attached hydrogen (secondary N) is 4. The first-order chi connectivity index (χ1) is 50.9. The van der Waals surface area contributed by atoms with Crippen LogP contribution in [0, 0.1) is 67.2 Å². The Bertz CT molecular complexity index is 5020. The zero-order valence-electron chi connectivity index (χ0n) is 66.3. The monoisotopic (exact) mass is 1430 g/mol. The highest BCUT2D eigenvalue weighted by molar-refractivity contribution is 5.95. The topological polar surface area (TPSA) is 259 Å². The molecule has 0 amide bonds. The molecule has 4 aliphatic carbocycles. The van der Waals surface area contributed by atoms with Gasteiger partial charge in [-0.05, 0) is 245 Å². The van der Waals surface area contributed by atoms with Gasteiger partial charge in [-0.1, -0.05) is 128 Å². The summed E-state index contributed by atoms with van der Waals surface area (Å²) in [6, 6.07) is 17.5. The van der Waals surface area contributed by atoms with Gasteiger partial charge in [-0.15, -0.1) is 0 Å². The van der Waals surface area contributed by atoms with Crippen LogP contribution in [0.1, 0.15) is 312 Å². The Morgan fingerprint density at radius 1 is 0.434 bits per heavy atom. The molecule has 4 aliphatic rings. The van der Waals surface area contributed by atoms with E-state index >= 15 is 0 Å². The average molecular weight is 1440 g/mol. The summed E-state index contributed by atoms with van der Waals surface area (Å²) in [5.74, 6) is 10.7. The number of fused-ring (bicyclic) bond motifs is 4. The van der Waals surface area contributed by atoms with Gasteiger partial charge in [0.05, 0.1) is 78.1 Å². The highest BCUT2D eigenvalue weighted by Crippen LogP contribution is 2.49. The number of hydrogen-bond donors (Lipinski definition) is 6. The maximum absolute atomic E-state index is 11.8. The Morgan fingerprint density at radius 2 is 0.774 bits per heavy atom. The van der Waals surface area contributed by atoms with Gasteiger partial charge < -0.3 is 48.2 Å². The largest absolute Gasteiger partial charge is 0.385 e. The molecule has 4 fully saturated rings. The number of aryl methyl sites for hydroxylation is 8. The standard InChI is InChI=1S/2C22H29N3O2.C22H29N3O.C22H27N3O/c1-11(2)22(26,12(3)4)17-9-16(19-13(5)25-27-14(19)6)10-18-20(17)24-21(23-18)15-7-8-15;1-5-9-22(26,10-6-2)17-11-16(19-13(3)25-27-14(19)4)12-18-20(17)24-21(23-18)15-7-8-15;2*1-5-7-15(8-6-2)18-11-17(20-13(3)25-26-14(20)4)12-19-21(18)24-22(23-19)16-9-10-16/h9-12,15,26H,7-8H2,1-6H3,(H,23,24);11-12,15,26H,5-10H2,1-4H3,(H,23,24);11-12,15-16H,5-10H2,1-4H3,(H,23,24);7,11-12,16H,5-6,8-10H2,1-4H3,(H,23,24)/b;;;15-7+. The van der Waals surface area contributed by atoms with Crippen molar-refractivity contribution in [1.82, 2.24) is 60.5 Å². The average Bonchev–Trinajstić information content (AvgIpc) is 1.63. The molecule has 18 heteroatoms. The Labute approximate surface area is 625 Å². The molecule has 0 radical (unpaired) electrons. The van der Waals surface area contributed by atoms with Crippen molar-refractivity contribution in [1.29, 1.82) is 0 Å². The fourth-order valence-electron chi connectivity index (χ4n) is 16.7. The Balaban J connectivity index is 0.000000125. The van der Waals surface area contributed by atoms with Crippen molar-refractivity contribution in [3.8, 4) is 44.5 Å². The molecule has 0 aliphatic heterocycles. The third-order valence-corrected chi connectivity index (χ3v) is 22.6. The number of aromatic nitrogens is 12. The maximum atomic E-state index is 11.8. The molecule has 0 unspecified atom stereocenters. The summed E-state index contributed by atoms with van der Waals surface area (Å²) in [5, 5.41) is 39.9. The molecule has 8 aromatic heterocycles. The number of nitrogens with zero attached hydrogens (tertiary/aromatic N) is 8. The van der Waals surface area contributed by atoms with E-state index in [2.05, 4.69) is 164 Å². The number of hydrogen-bond acceptors (Lipinski definition) is 14. The zero-order valence-corrected chi connectivity index (χ0v) is 66.3. The van der Waals surface area contributed by atoms with Gasteiger partial charge in [0, 0.05) is 62.6 Å². The predicted octanol–water partition coefficient (Wildman–Crippen LogP) is 23.4. The summed E-state index contributed by atoms with van der Waals surface area (Å²) in [5.41, 5.74) is 24.6. The van der Waals surface area contributed by atoms with Crippen LogP contribution >= 0.6 is 0 Å². The van der Waals surface area contributed by atoms with Crippen molar-refractivity contribution in [3.05, 3.63) is 146 Å². The summed E-state index contributed by atoms with van der Waals surface area (Å²) in [6.07, 6.45) is 23.5. The van der Waals surface area contributed by atoms with Crippen LogP contribution in [0.3, 0.4) is 0 Å². The second-order valence-electron chi connectivity index (χ2n) is 31.9. The van der Waals surface area contributed by atoms with Crippen LogP contribution in [0.5, 0.6) is 0 Å². The van der Waals surface area contributed by atoms with Gasteiger partial charge in [0.15, 0.2) is 0 Å². The zero-order chi connectivity index (χ0) is 75.2. The van der Waals surface area contributed by atoms with Gasteiger partial charge in [-0.3, -0.25) is 0 Å². The number of H-pyrrole nitrogens is 4. The van der Waals surface area contributed by atoms with Crippen molar-refractivity contribution >= 4 is 49.7 Å². The summed E-state index contributed by atoms with van der Waals surface area (Å²) >= 11 is 0. The van der Waals surface area contributed by atoms with Crippen molar-refractivity contribution in [2.24, 2.45) is 11.8 Å². The van der Waals surface area contributed by atoms with Crippen LogP contribution in [0.4, 0.5) is 0 Å². The fraction of sp³-hybridized carbons (Fsp3) is 0.523. The minimum atomic E-state index is -0.969. The quantitative estimate of drug-likeness (QED) is 0.0311. The molecule has 0 bridgehead atoms. The lowest BCUT2D eigenvalue weighted by Gasteiger charge is -2.37. The lowest BCUT2D eigenvalue weighted by atomic mass is 9.74. The lowest BCUT2D eigenvalue weighted by molar-refractivity contribution is -0.0519. The molecule has 16 rings (SSSR count). The van der Waals surface area contributed by atoms with Crippen LogP contribution in [-0.2, 0) is 11.2 Å². The van der Waals surface area contributed by atoms with Gasteiger partial charge in [-0.25, -0.2) is 19.9 Å². The van der Waals surface area contributed by atoms with Crippen molar-refractivity contribution in [2.75, 3.05) is 0 Å². The molecular weight excluding hydrogens is 1320 g/mol.